The molecule has 0 fully saturated rings. The third-order valence-corrected chi connectivity index (χ3v) is 5.99. The number of ether oxygens (including phenoxy) is 1. The van der Waals surface area contributed by atoms with Crippen molar-refractivity contribution in [2.24, 2.45) is 0 Å². The maximum absolute atomic E-state index is 12.8. The number of pyridine rings is 2. The highest BCUT2D eigenvalue weighted by Crippen LogP contribution is 2.26. The van der Waals surface area contributed by atoms with Gasteiger partial charge in [-0.25, -0.2) is 9.97 Å². The lowest BCUT2D eigenvalue weighted by Crippen LogP contribution is -2.32. The van der Waals surface area contributed by atoms with Crippen molar-refractivity contribution in [3.63, 3.8) is 0 Å². The standard InChI is InChI=1S/C25H32N4O4/c1-4-17-14-18-8-7-13-26-25(18)28-20(17)9-5-6-10-23(30)29(2)21(15-24(31)32)19-11-12-22(33-3)27-16-19/h4,11-12,14,16,21H,1,5-10,13,15H2,2-3H3,(H,26,28)(H,31,32)/t21-/m0/s1. The Hall–Kier alpha value is -3.42. The smallest absolute Gasteiger partial charge is 0.305 e. The van der Waals surface area contributed by atoms with E-state index in [4.69, 9.17) is 9.72 Å². The summed E-state index contributed by atoms with van der Waals surface area (Å²) in [7, 11) is 3.16. The second kappa shape index (κ2) is 11.4. The molecule has 3 rings (SSSR count). The summed E-state index contributed by atoms with van der Waals surface area (Å²) in [6, 6.07) is 4.99. The van der Waals surface area contributed by atoms with Crippen LogP contribution in [0.25, 0.3) is 6.08 Å². The lowest BCUT2D eigenvalue weighted by atomic mass is 10.00. The molecule has 0 unspecified atom stereocenters. The predicted molar refractivity (Wildman–Crippen MR) is 127 cm³/mol. The normalized spacial score (nSPS) is 13.4. The summed E-state index contributed by atoms with van der Waals surface area (Å²) < 4.78 is 5.06. The number of amides is 1. The van der Waals surface area contributed by atoms with Crippen LogP contribution in [0, 0.1) is 0 Å². The quantitative estimate of drug-likeness (QED) is 0.499. The number of nitrogens with one attached hydrogen (secondary N) is 1. The van der Waals surface area contributed by atoms with E-state index in [1.807, 2.05) is 6.08 Å². The van der Waals surface area contributed by atoms with Gasteiger partial charge in [0.15, 0.2) is 0 Å². The van der Waals surface area contributed by atoms with Crippen molar-refractivity contribution in [2.45, 2.75) is 51.0 Å². The molecule has 1 atom stereocenters. The number of rotatable bonds is 11. The van der Waals surface area contributed by atoms with Crippen LogP contribution < -0.4 is 10.1 Å². The number of methoxy groups -OCH3 is 1. The second-order valence-corrected chi connectivity index (χ2v) is 8.23. The zero-order chi connectivity index (χ0) is 23.8. The summed E-state index contributed by atoms with van der Waals surface area (Å²) >= 11 is 0. The average Bonchev–Trinajstić information content (AvgIpc) is 2.84. The maximum atomic E-state index is 12.8. The van der Waals surface area contributed by atoms with Crippen LogP contribution in [0.2, 0.25) is 0 Å². The number of hydrogen-bond acceptors (Lipinski definition) is 6. The van der Waals surface area contributed by atoms with Gasteiger partial charge in [0.25, 0.3) is 0 Å². The Morgan fingerprint density at radius 3 is 2.85 bits per heavy atom. The predicted octanol–water partition coefficient (Wildman–Crippen LogP) is 3.87. The van der Waals surface area contributed by atoms with Gasteiger partial charge >= 0.3 is 5.97 Å². The minimum atomic E-state index is -0.973. The van der Waals surface area contributed by atoms with Gasteiger partial charge in [-0.1, -0.05) is 18.7 Å². The summed E-state index contributed by atoms with van der Waals surface area (Å²) in [6.07, 6.45) is 7.93. The Morgan fingerprint density at radius 2 is 2.18 bits per heavy atom. The highest BCUT2D eigenvalue weighted by molar-refractivity contribution is 5.77. The largest absolute Gasteiger partial charge is 0.481 e. The minimum absolute atomic E-state index is 0.0962. The number of fused-ring (bicyclic) bond motifs is 1. The van der Waals surface area contributed by atoms with Gasteiger partial charge in [0.2, 0.25) is 11.8 Å². The highest BCUT2D eigenvalue weighted by Gasteiger charge is 2.24. The fraction of sp³-hybridized carbons (Fsp3) is 0.440. The minimum Gasteiger partial charge on any atom is -0.481 e. The number of carbonyl (C=O) groups excluding carboxylic acids is 1. The first-order chi connectivity index (χ1) is 15.9. The molecule has 0 saturated heterocycles. The van der Waals surface area contributed by atoms with Gasteiger partial charge in [-0.3, -0.25) is 9.59 Å². The summed E-state index contributed by atoms with van der Waals surface area (Å²) in [5, 5.41) is 12.7. The molecule has 176 valence electrons. The van der Waals surface area contributed by atoms with Gasteiger partial charge in [0.05, 0.1) is 25.3 Å². The Balaban J connectivity index is 1.58. The van der Waals surface area contributed by atoms with E-state index in [-0.39, 0.29) is 12.3 Å². The number of carboxylic acids is 1. The number of hydrogen-bond donors (Lipinski definition) is 2. The molecule has 0 spiro atoms. The van der Waals surface area contributed by atoms with E-state index >= 15 is 0 Å². The van der Waals surface area contributed by atoms with Crippen LogP contribution in [0.15, 0.2) is 31.0 Å². The summed E-state index contributed by atoms with van der Waals surface area (Å²) in [5.74, 6) is 0.328. The molecule has 2 aromatic heterocycles. The fourth-order valence-electron chi connectivity index (χ4n) is 4.09. The molecule has 8 heteroatoms. The number of unbranched alkanes of at least 4 members (excludes halogenated alkanes) is 1. The number of aryl methyl sites for hydroxylation is 2. The lowest BCUT2D eigenvalue weighted by molar-refractivity contribution is -0.140. The molecule has 1 aliphatic rings. The van der Waals surface area contributed by atoms with Crippen LogP contribution in [-0.4, -0.2) is 52.6 Å². The molecule has 8 nitrogen and oxygen atoms in total. The van der Waals surface area contributed by atoms with Crippen molar-refractivity contribution in [2.75, 3.05) is 26.0 Å². The first-order valence-electron chi connectivity index (χ1n) is 11.3. The van der Waals surface area contributed by atoms with Gasteiger partial charge < -0.3 is 20.1 Å². The average molecular weight is 453 g/mol. The summed E-state index contributed by atoms with van der Waals surface area (Å²) in [4.78, 5) is 34.7. The van der Waals surface area contributed by atoms with Crippen LogP contribution in [0.5, 0.6) is 5.88 Å². The van der Waals surface area contributed by atoms with Crippen molar-refractivity contribution in [3.8, 4) is 5.88 Å². The second-order valence-electron chi connectivity index (χ2n) is 8.23. The number of anilines is 1. The van der Waals surface area contributed by atoms with Crippen LogP contribution in [0.4, 0.5) is 5.82 Å². The van der Waals surface area contributed by atoms with Gasteiger partial charge in [-0.05, 0) is 54.9 Å². The van der Waals surface area contributed by atoms with Gasteiger partial charge in [-0.15, -0.1) is 0 Å². The monoisotopic (exact) mass is 452 g/mol. The SMILES string of the molecule is C=Cc1cc2c(nc1CCCCC(=O)N(C)[C@@H](CC(=O)O)c1ccc(OC)nc1)NCCC2. The zero-order valence-electron chi connectivity index (χ0n) is 19.3. The topological polar surface area (TPSA) is 105 Å². The molecular formula is C25H32N4O4. The van der Waals surface area contributed by atoms with E-state index in [0.717, 1.165) is 49.3 Å². The molecule has 2 N–H and O–H groups in total. The Bertz CT molecular complexity index is 991. The van der Waals surface area contributed by atoms with Crippen molar-refractivity contribution >= 4 is 23.8 Å². The lowest BCUT2D eigenvalue weighted by Gasteiger charge is -2.27. The Morgan fingerprint density at radius 1 is 1.36 bits per heavy atom. The molecule has 1 amide bonds. The van der Waals surface area contributed by atoms with Gasteiger partial charge in [-0.2, -0.15) is 0 Å². The van der Waals surface area contributed by atoms with Crippen LogP contribution in [0.1, 0.15) is 60.5 Å². The van der Waals surface area contributed by atoms with E-state index in [1.165, 1.54) is 17.6 Å². The third-order valence-electron chi connectivity index (χ3n) is 5.99. The molecule has 1 aliphatic heterocycles. The molecule has 0 radical (unpaired) electrons. The Kier molecular flexibility index (Phi) is 8.40. The zero-order valence-corrected chi connectivity index (χ0v) is 19.3. The summed E-state index contributed by atoms with van der Waals surface area (Å²) in [5.41, 5.74) is 3.94. The molecular weight excluding hydrogens is 420 g/mol. The molecule has 0 saturated carbocycles. The van der Waals surface area contributed by atoms with Gasteiger partial charge in [0, 0.05) is 32.3 Å². The fourth-order valence-corrected chi connectivity index (χ4v) is 4.09. The van der Waals surface area contributed by atoms with E-state index in [9.17, 15) is 14.7 Å². The van der Waals surface area contributed by atoms with Crippen molar-refractivity contribution in [1.82, 2.24) is 14.9 Å². The van der Waals surface area contributed by atoms with Crippen LogP contribution in [-0.2, 0) is 22.4 Å². The highest BCUT2D eigenvalue weighted by atomic mass is 16.5. The number of carbonyl (C=O) groups is 2. The molecule has 33 heavy (non-hydrogen) atoms. The Labute approximate surface area is 194 Å². The number of aromatic nitrogens is 2. The van der Waals surface area contributed by atoms with Crippen molar-refractivity contribution in [3.05, 3.63) is 53.4 Å². The molecule has 0 bridgehead atoms. The van der Waals surface area contributed by atoms with Crippen LogP contribution >= 0.6 is 0 Å². The molecule has 2 aromatic rings. The van der Waals surface area contributed by atoms with Crippen LogP contribution in [0.3, 0.4) is 0 Å². The number of carboxylic acid groups (broad SMARTS) is 1. The number of aliphatic carboxylic acids is 1. The van der Waals surface area contributed by atoms with E-state index in [2.05, 4.69) is 22.9 Å². The molecule has 3 heterocycles. The molecule has 0 aliphatic carbocycles. The summed E-state index contributed by atoms with van der Waals surface area (Å²) in [6.45, 7) is 4.86. The van der Waals surface area contributed by atoms with Crippen molar-refractivity contribution < 1.29 is 19.4 Å². The van der Waals surface area contributed by atoms with Gasteiger partial charge in [0.1, 0.15) is 5.82 Å². The van der Waals surface area contributed by atoms with Crippen molar-refractivity contribution in [1.29, 1.82) is 0 Å². The molecule has 0 aromatic carbocycles. The maximum Gasteiger partial charge on any atom is 0.305 e. The van der Waals surface area contributed by atoms with E-state index in [0.29, 0.717) is 24.3 Å². The first-order valence-corrected chi connectivity index (χ1v) is 11.3. The number of nitrogens with zero attached hydrogens (tertiary/aromatic N) is 3. The first kappa shape index (κ1) is 24.2. The van der Waals surface area contributed by atoms with E-state index in [1.54, 1.807) is 25.4 Å². The van der Waals surface area contributed by atoms with E-state index < -0.39 is 12.0 Å². The third kappa shape index (κ3) is 6.31.